The molecule has 1 N–H and O–H groups in total. The van der Waals surface area contributed by atoms with Crippen molar-refractivity contribution in [1.82, 2.24) is 9.62 Å². The van der Waals surface area contributed by atoms with E-state index in [1.54, 1.807) is 4.90 Å². The second kappa shape index (κ2) is 7.33. The fraction of sp³-hybridized carbons (Fsp3) is 0.611. The predicted molar refractivity (Wildman–Crippen MR) is 96.0 cm³/mol. The minimum Gasteiger partial charge on any atom is -0.453 e. The van der Waals surface area contributed by atoms with Crippen LogP contribution in [0.3, 0.4) is 0 Å². The van der Waals surface area contributed by atoms with Gasteiger partial charge < -0.3 is 9.64 Å². The number of carbonyl (C=O) groups is 1. The highest BCUT2D eigenvalue weighted by molar-refractivity contribution is 7.88. The molecule has 2 atom stereocenters. The number of likely N-dealkylation sites (tertiary alicyclic amines) is 1. The number of nitrogens with one attached hydrogen (secondary N) is 1. The highest BCUT2D eigenvalue weighted by Gasteiger charge is 2.36. The second-order valence-electron chi connectivity index (χ2n) is 7.09. The third-order valence-corrected chi connectivity index (χ3v) is 5.73. The number of piperidine rings is 1. The number of ether oxygens (including phenoxy) is 1. The van der Waals surface area contributed by atoms with Gasteiger partial charge in [0.1, 0.15) is 0 Å². The van der Waals surface area contributed by atoms with Crippen molar-refractivity contribution in [3.05, 3.63) is 35.4 Å². The average molecular weight is 366 g/mol. The molecule has 7 heteroatoms. The molecule has 25 heavy (non-hydrogen) atoms. The first-order valence-corrected chi connectivity index (χ1v) is 10.7. The van der Waals surface area contributed by atoms with E-state index >= 15 is 0 Å². The van der Waals surface area contributed by atoms with Gasteiger partial charge in [0.05, 0.1) is 19.4 Å². The van der Waals surface area contributed by atoms with Gasteiger partial charge in [0, 0.05) is 12.6 Å². The topological polar surface area (TPSA) is 75.7 Å². The van der Waals surface area contributed by atoms with Crippen LogP contribution in [-0.4, -0.2) is 51.4 Å². The molecule has 0 aromatic heterocycles. The Morgan fingerprint density at radius 2 is 2.08 bits per heavy atom. The third kappa shape index (κ3) is 4.73. The van der Waals surface area contributed by atoms with Gasteiger partial charge in [-0.3, -0.25) is 0 Å². The molecule has 1 aromatic rings. The number of sulfonamides is 1. The lowest BCUT2D eigenvalue weighted by Crippen LogP contribution is -2.57. The molecule has 0 radical (unpaired) electrons. The predicted octanol–water partition coefficient (Wildman–Crippen LogP) is 2.26. The van der Waals surface area contributed by atoms with Gasteiger partial charge in [-0.2, -0.15) is 0 Å². The molecule has 1 aliphatic heterocycles. The van der Waals surface area contributed by atoms with Crippen molar-refractivity contribution in [3.8, 4) is 0 Å². The van der Waals surface area contributed by atoms with Crippen LogP contribution in [0.15, 0.2) is 24.3 Å². The maximum absolute atomic E-state index is 12.2. The molecule has 0 spiro atoms. The summed E-state index contributed by atoms with van der Waals surface area (Å²) in [4.78, 5) is 13.9. The Hall–Kier alpha value is -1.60. The molecule has 0 bridgehead atoms. The molecule has 6 nitrogen and oxygen atoms in total. The Morgan fingerprint density at radius 3 is 2.72 bits per heavy atom. The molecule has 138 valence electrons. The third-order valence-electron chi connectivity index (χ3n) is 5.00. The van der Waals surface area contributed by atoms with Crippen LogP contribution < -0.4 is 4.72 Å². The molecule has 1 saturated heterocycles. The number of nitrogens with zero attached hydrogens (tertiary/aromatic N) is 1. The zero-order valence-electron chi connectivity index (χ0n) is 14.8. The van der Waals surface area contributed by atoms with Crippen molar-refractivity contribution in [2.75, 3.05) is 19.9 Å². The van der Waals surface area contributed by atoms with Crippen LogP contribution in [0.1, 0.15) is 42.7 Å². The normalized spacial score (nSPS) is 24.2. The highest BCUT2D eigenvalue weighted by atomic mass is 32.2. The molecule has 1 aliphatic carbocycles. The number of hydrogen-bond acceptors (Lipinski definition) is 4. The molecule has 1 amide bonds. The number of benzene rings is 1. The summed E-state index contributed by atoms with van der Waals surface area (Å²) in [5.41, 5.74) is 2.47. The van der Waals surface area contributed by atoms with Crippen molar-refractivity contribution < 1.29 is 17.9 Å². The Balaban J connectivity index is 1.84. The van der Waals surface area contributed by atoms with Gasteiger partial charge in [-0.15, -0.1) is 0 Å². The second-order valence-corrected chi connectivity index (χ2v) is 8.87. The molecule has 1 aromatic carbocycles. The number of rotatable bonds is 5. The zero-order chi connectivity index (χ0) is 18.0. The van der Waals surface area contributed by atoms with E-state index in [4.69, 9.17) is 4.74 Å². The number of carbonyl (C=O) groups excluding carboxylic acids is 1. The maximum Gasteiger partial charge on any atom is 0.409 e. The van der Waals surface area contributed by atoms with Crippen LogP contribution in [0.25, 0.3) is 0 Å². The lowest BCUT2D eigenvalue weighted by Gasteiger charge is -2.40. The van der Waals surface area contributed by atoms with E-state index in [2.05, 4.69) is 16.9 Å². The van der Waals surface area contributed by atoms with Crippen LogP contribution in [0.4, 0.5) is 4.79 Å². The van der Waals surface area contributed by atoms with Crippen molar-refractivity contribution in [2.24, 2.45) is 0 Å². The van der Waals surface area contributed by atoms with Gasteiger partial charge in [0.2, 0.25) is 10.0 Å². The Kier molecular flexibility index (Phi) is 5.34. The van der Waals surface area contributed by atoms with Crippen LogP contribution in [0.2, 0.25) is 0 Å². The van der Waals surface area contributed by atoms with Crippen molar-refractivity contribution in [2.45, 2.75) is 50.1 Å². The standard InChI is InChI=1S/C18H26N2O4S/c1-24-18(21)20-10-4-7-16(19-25(2,22)23)17(20)12-13-5-3-6-15(11-13)14-8-9-14/h3,5-6,11,14,16-17,19H,4,7-10,12H2,1-2H3/t16-,17-/m0/s1. The van der Waals surface area contributed by atoms with Gasteiger partial charge in [0.25, 0.3) is 0 Å². The van der Waals surface area contributed by atoms with Crippen molar-refractivity contribution in [1.29, 1.82) is 0 Å². The molecule has 1 heterocycles. The summed E-state index contributed by atoms with van der Waals surface area (Å²) >= 11 is 0. The maximum atomic E-state index is 12.2. The lowest BCUT2D eigenvalue weighted by atomic mass is 9.91. The Labute approximate surface area is 149 Å². The first-order chi connectivity index (χ1) is 11.9. The first kappa shape index (κ1) is 18.2. The minimum atomic E-state index is -3.35. The highest BCUT2D eigenvalue weighted by Crippen LogP contribution is 2.40. The molecular weight excluding hydrogens is 340 g/mol. The smallest absolute Gasteiger partial charge is 0.409 e. The average Bonchev–Trinajstić information content (AvgIpc) is 3.39. The summed E-state index contributed by atoms with van der Waals surface area (Å²) in [7, 11) is -1.98. The quantitative estimate of drug-likeness (QED) is 0.867. The van der Waals surface area contributed by atoms with E-state index in [0.717, 1.165) is 18.2 Å². The molecule has 3 rings (SSSR count). The van der Waals surface area contributed by atoms with Crippen LogP contribution >= 0.6 is 0 Å². The number of methoxy groups -OCH3 is 1. The summed E-state index contributed by atoms with van der Waals surface area (Å²) in [5.74, 6) is 0.660. The molecule has 2 aliphatic rings. The zero-order valence-corrected chi connectivity index (χ0v) is 15.6. The van der Waals surface area contributed by atoms with Crippen molar-refractivity contribution in [3.63, 3.8) is 0 Å². The summed E-state index contributed by atoms with van der Waals surface area (Å²) < 4.78 is 31.1. The van der Waals surface area contributed by atoms with E-state index in [1.165, 1.54) is 25.5 Å². The fourth-order valence-corrected chi connectivity index (χ4v) is 4.52. The van der Waals surface area contributed by atoms with Crippen LogP contribution in [0.5, 0.6) is 0 Å². The van der Waals surface area contributed by atoms with Gasteiger partial charge in [-0.1, -0.05) is 24.3 Å². The monoisotopic (exact) mass is 366 g/mol. The number of amides is 1. The largest absolute Gasteiger partial charge is 0.453 e. The Bertz CT molecular complexity index is 730. The van der Waals surface area contributed by atoms with Crippen molar-refractivity contribution >= 4 is 16.1 Å². The minimum absolute atomic E-state index is 0.245. The molecule has 2 fully saturated rings. The summed E-state index contributed by atoms with van der Waals surface area (Å²) in [5, 5.41) is 0. The van der Waals surface area contributed by atoms with E-state index in [-0.39, 0.29) is 12.1 Å². The van der Waals surface area contributed by atoms with Gasteiger partial charge in [-0.25, -0.2) is 17.9 Å². The van der Waals surface area contributed by atoms with Gasteiger partial charge in [-0.05, 0) is 49.1 Å². The van der Waals surface area contributed by atoms with Gasteiger partial charge in [0.15, 0.2) is 0 Å². The van der Waals surface area contributed by atoms with Crippen LogP contribution in [-0.2, 0) is 21.2 Å². The molecule has 0 unspecified atom stereocenters. The van der Waals surface area contributed by atoms with E-state index in [9.17, 15) is 13.2 Å². The lowest BCUT2D eigenvalue weighted by molar-refractivity contribution is 0.0792. The van der Waals surface area contributed by atoms with E-state index < -0.39 is 16.1 Å². The molecular formula is C18H26N2O4S. The van der Waals surface area contributed by atoms with Crippen LogP contribution in [0, 0.1) is 0 Å². The summed E-state index contributed by atoms with van der Waals surface area (Å²) in [6.07, 6.45) is 5.31. The van der Waals surface area contributed by atoms with E-state index in [0.29, 0.717) is 25.3 Å². The van der Waals surface area contributed by atoms with Gasteiger partial charge >= 0.3 is 6.09 Å². The number of hydrogen-bond donors (Lipinski definition) is 1. The Morgan fingerprint density at radius 1 is 1.32 bits per heavy atom. The molecule has 1 saturated carbocycles. The summed E-state index contributed by atoms with van der Waals surface area (Å²) in [6.45, 7) is 0.585. The summed E-state index contributed by atoms with van der Waals surface area (Å²) in [6, 6.07) is 7.89. The first-order valence-electron chi connectivity index (χ1n) is 8.78. The SMILES string of the molecule is COC(=O)N1CCC[C@H](NS(C)(=O)=O)[C@@H]1Cc1cccc(C2CC2)c1. The van der Waals surface area contributed by atoms with E-state index in [1.807, 2.05) is 12.1 Å². The fourth-order valence-electron chi connectivity index (χ4n) is 3.70.